The van der Waals surface area contributed by atoms with Gasteiger partial charge in [0.1, 0.15) is 5.37 Å². The van der Waals surface area contributed by atoms with Crippen molar-refractivity contribution in [3.63, 3.8) is 0 Å². The third-order valence-corrected chi connectivity index (χ3v) is 5.19. The average Bonchev–Trinajstić information content (AvgIpc) is 2.95. The third-order valence-electron chi connectivity index (χ3n) is 3.94. The maximum atomic E-state index is 12.2. The van der Waals surface area contributed by atoms with E-state index in [0.29, 0.717) is 18.0 Å². The molecule has 1 unspecified atom stereocenters. The molecule has 1 amide bonds. The first-order valence-electron chi connectivity index (χ1n) is 7.51. The summed E-state index contributed by atoms with van der Waals surface area (Å²) in [5.41, 5.74) is 2.20. The number of carbonyl (C=O) groups excluding carboxylic acids is 1. The number of nitrogens with zero attached hydrogens (tertiary/aromatic N) is 1. The van der Waals surface area contributed by atoms with E-state index in [1.165, 1.54) is 7.11 Å². The lowest BCUT2D eigenvalue weighted by Gasteiger charge is -2.24. The zero-order chi connectivity index (χ0) is 16.2. The number of carbonyl (C=O) groups is 1. The van der Waals surface area contributed by atoms with Gasteiger partial charge in [0, 0.05) is 6.54 Å². The second-order valence-electron chi connectivity index (χ2n) is 5.42. The van der Waals surface area contributed by atoms with Gasteiger partial charge in [-0.2, -0.15) is 0 Å². The van der Waals surface area contributed by atoms with Crippen LogP contribution in [0.1, 0.15) is 16.5 Å². The van der Waals surface area contributed by atoms with Gasteiger partial charge in [-0.25, -0.2) is 0 Å². The highest BCUT2D eigenvalue weighted by atomic mass is 32.2. The number of amides is 1. The highest BCUT2D eigenvalue weighted by Crippen LogP contribution is 2.38. The van der Waals surface area contributed by atoms with Crippen LogP contribution in [0.15, 0.2) is 48.5 Å². The molecule has 2 aromatic rings. The molecule has 1 fully saturated rings. The second kappa shape index (κ2) is 6.96. The molecule has 1 saturated heterocycles. The van der Waals surface area contributed by atoms with E-state index >= 15 is 0 Å². The average molecular weight is 329 g/mol. The van der Waals surface area contributed by atoms with E-state index < -0.39 is 0 Å². The molecule has 0 spiro atoms. The van der Waals surface area contributed by atoms with Gasteiger partial charge in [-0.15, -0.1) is 11.8 Å². The van der Waals surface area contributed by atoms with E-state index in [1.807, 2.05) is 35.2 Å². The summed E-state index contributed by atoms with van der Waals surface area (Å²) in [5.74, 6) is 1.29. The molecule has 0 aromatic heterocycles. The number of phenols is 1. The van der Waals surface area contributed by atoms with Crippen molar-refractivity contribution in [1.29, 1.82) is 0 Å². The molecule has 0 radical (unpaired) electrons. The molecule has 0 bridgehead atoms. The SMILES string of the molecule is COc1cc(CCN2C(=O)CSC2c2ccccc2)ccc1O. The Morgan fingerprint density at radius 2 is 2.04 bits per heavy atom. The number of hydrogen-bond donors (Lipinski definition) is 1. The van der Waals surface area contributed by atoms with Crippen molar-refractivity contribution < 1.29 is 14.6 Å². The van der Waals surface area contributed by atoms with Crippen molar-refractivity contribution in [3.8, 4) is 11.5 Å². The van der Waals surface area contributed by atoms with Crippen LogP contribution in [-0.4, -0.2) is 35.3 Å². The zero-order valence-electron chi connectivity index (χ0n) is 12.9. The number of methoxy groups -OCH3 is 1. The first-order chi connectivity index (χ1) is 11.2. The summed E-state index contributed by atoms with van der Waals surface area (Å²) < 4.78 is 5.13. The molecule has 1 atom stereocenters. The van der Waals surface area contributed by atoms with Gasteiger partial charge < -0.3 is 14.7 Å². The number of rotatable bonds is 5. The van der Waals surface area contributed by atoms with Crippen molar-refractivity contribution in [3.05, 3.63) is 59.7 Å². The molecule has 0 aliphatic carbocycles. The number of thioether (sulfide) groups is 1. The molecule has 0 saturated carbocycles. The van der Waals surface area contributed by atoms with Crippen molar-refractivity contribution in [2.24, 2.45) is 0 Å². The lowest BCUT2D eigenvalue weighted by atomic mass is 10.1. The van der Waals surface area contributed by atoms with E-state index in [1.54, 1.807) is 17.8 Å². The number of ether oxygens (including phenoxy) is 1. The Bertz CT molecular complexity index is 690. The summed E-state index contributed by atoms with van der Waals surface area (Å²) in [5, 5.41) is 9.74. The summed E-state index contributed by atoms with van der Waals surface area (Å²) in [6.45, 7) is 0.652. The summed E-state index contributed by atoms with van der Waals surface area (Å²) >= 11 is 1.67. The highest BCUT2D eigenvalue weighted by molar-refractivity contribution is 8.00. The van der Waals surface area contributed by atoms with E-state index in [0.717, 1.165) is 17.5 Å². The van der Waals surface area contributed by atoms with Gasteiger partial charge in [0.2, 0.25) is 5.91 Å². The minimum absolute atomic E-state index is 0.0858. The van der Waals surface area contributed by atoms with Gasteiger partial charge >= 0.3 is 0 Å². The van der Waals surface area contributed by atoms with Crippen LogP contribution < -0.4 is 4.74 Å². The maximum Gasteiger partial charge on any atom is 0.233 e. The first-order valence-corrected chi connectivity index (χ1v) is 8.56. The van der Waals surface area contributed by atoms with Crippen molar-refractivity contribution in [2.75, 3.05) is 19.4 Å². The molecule has 23 heavy (non-hydrogen) atoms. The van der Waals surface area contributed by atoms with E-state index in [9.17, 15) is 9.90 Å². The lowest BCUT2D eigenvalue weighted by Crippen LogP contribution is -2.30. The number of benzene rings is 2. The summed E-state index contributed by atoms with van der Waals surface area (Å²) in [7, 11) is 1.53. The van der Waals surface area contributed by atoms with Crippen LogP contribution in [0, 0.1) is 0 Å². The summed E-state index contributed by atoms with van der Waals surface area (Å²) in [4.78, 5) is 14.1. The van der Waals surface area contributed by atoms with Crippen molar-refractivity contribution in [2.45, 2.75) is 11.8 Å². The van der Waals surface area contributed by atoms with Gasteiger partial charge in [-0.3, -0.25) is 4.79 Å². The van der Waals surface area contributed by atoms with Crippen LogP contribution in [0.4, 0.5) is 0 Å². The number of aromatic hydroxyl groups is 1. The second-order valence-corrected chi connectivity index (χ2v) is 6.49. The lowest BCUT2D eigenvalue weighted by molar-refractivity contribution is -0.128. The van der Waals surface area contributed by atoms with Gasteiger partial charge in [-0.1, -0.05) is 36.4 Å². The molecule has 1 aliphatic rings. The Morgan fingerprint density at radius 1 is 1.26 bits per heavy atom. The molecule has 3 rings (SSSR count). The van der Waals surface area contributed by atoms with Crippen LogP contribution >= 0.6 is 11.8 Å². The molecular formula is C18H19NO3S. The summed E-state index contributed by atoms with van der Waals surface area (Å²) in [6.07, 6.45) is 0.728. The molecular weight excluding hydrogens is 310 g/mol. The fourth-order valence-corrected chi connectivity index (χ4v) is 3.94. The third kappa shape index (κ3) is 3.45. The highest BCUT2D eigenvalue weighted by Gasteiger charge is 2.32. The Balaban J connectivity index is 1.72. The first kappa shape index (κ1) is 15.7. The predicted octanol–water partition coefficient (Wildman–Crippen LogP) is 3.22. The zero-order valence-corrected chi connectivity index (χ0v) is 13.8. The molecule has 2 aromatic carbocycles. The normalized spacial score (nSPS) is 17.5. The van der Waals surface area contributed by atoms with Crippen LogP contribution in [0.25, 0.3) is 0 Å². The van der Waals surface area contributed by atoms with Crippen LogP contribution in [0.3, 0.4) is 0 Å². The molecule has 120 valence electrons. The fourth-order valence-electron chi connectivity index (χ4n) is 2.72. The fraction of sp³-hybridized carbons (Fsp3) is 0.278. The molecule has 4 nitrogen and oxygen atoms in total. The standard InChI is InChI=1S/C18H19NO3S/c1-22-16-11-13(7-8-15(16)20)9-10-19-17(21)12-23-18(19)14-5-3-2-4-6-14/h2-8,11,18,20H,9-10,12H2,1H3. The minimum Gasteiger partial charge on any atom is -0.504 e. The van der Waals surface area contributed by atoms with E-state index in [4.69, 9.17) is 4.74 Å². The van der Waals surface area contributed by atoms with Gasteiger partial charge in [0.25, 0.3) is 0 Å². The van der Waals surface area contributed by atoms with Crippen molar-refractivity contribution >= 4 is 17.7 Å². The Labute approximate surface area is 140 Å². The number of hydrogen-bond acceptors (Lipinski definition) is 4. The van der Waals surface area contributed by atoms with Gasteiger partial charge in [0.05, 0.1) is 12.9 Å². The monoisotopic (exact) mass is 329 g/mol. The summed E-state index contributed by atoms with van der Waals surface area (Å²) in [6, 6.07) is 15.4. The Hall–Kier alpha value is -2.14. The Kier molecular flexibility index (Phi) is 4.76. The molecule has 1 heterocycles. The van der Waals surface area contributed by atoms with Crippen molar-refractivity contribution in [1.82, 2.24) is 4.90 Å². The molecule has 1 N–H and O–H groups in total. The van der Waals surface area contributed by atoms with Crippen LogP contribution in [0.5, 0.6) is 11.5 Å². The van der Waals surface area contributed by atoms with E-state index in [-0.39, 0.29) is 17.0 Å². The topological polar surface area (TPSA) is 49.8 Å². The molecule has 5 heteroatoms. The predicted molar refractivity (Wildman–Crippen MR) is 91.7 cm³/mol. The Morgan fingerprint density at radius 3 is 2.78 bits per heavy atom. The van der Waals surface area contributed by atoms with Crippen LogP contribution in [-0.2, 0) is 11.2 Å². The van der Waals surface area contributed by atoms with E-state index in [2.05, 4.69) is 12.1 Å². The largest absolute Gasteiger partial charge is 0.504 e. The molecule has 1 aliphatic heterocycles. The van der Waals surface area contributed by atoms with Gasteiger partial charge in [-0.05, 0) is 29.7 Å². The quantitative estimate of drug-likeness (QED) is 0.915. The smallest absolute Gasteiger partial charge is 0.233 e. The van der Waals surface area contributed by atoms with Crippen LogP contribution in [0.2, 0.25) is 0 Å². The number of phenolic OH excluding ortho intramolecular Hbond substituents is 1. The minimum atomic E-state index is 0.0858. The van der Waals surface area contributed by atoms with Gasteiger partial charge in [0.15, 0.2) is 11.5 Å². The maximum absolute atomic E-state index is 12.2.